The number of furan rings is 1. The molecule has 0 atom stereocenters. The molecule has 0 amide bonds. The zero-order valence-corrected chi connectivity index (χ0v) is 15.3. The number of methoxy groups -OCH3 is 1. The quantitative estimate of drug-likeness (QED) is 0.654. The summed E-state index contributed by atoms with van der Waals surface area (Å²) in [5, 5.41) is 4.79. The second kappa shape index (κ2) is 7.43. The third kappa shape index (κ3) is 3.30. The third-order valence-corrected chi connectivity index (χ3v) is 4.85. The van der Waals surface area contributed by atoms with Crippen molar-refractivity contribution in [2.24, 2.45) is 0 Å². The van der Waals surface area contributed by atoms with E-state index in [-0.39, 0.29) is 0 Å². The molecule has 4 rings (SSSR count). The number of hydrogen-bond donors (Lipinski definition) is 0. The molecule has 0 bridgehead atoms. The number of ether oxygens (including phenoxy) is 1. The molecule has 3 aromatic rings. The van der Waals surface area contributed by atoms with Crippen LogP contribution < -0.4 is 0 Å². The Hall–Kier alpha value is -2.44. The van der Waals surface area contributed by atoms with Gasteiger partial charge in [0, 0.05) is 13.7 Å². The summed E-state index contributed by atoms with van der Waals surface area (Å²) in [7, 11) is 3.79. The van der Waals surface area contributed by atoms with E-state index in [1.54, 1.807) is 13.4 Å². The Morgan fingerprint density at radius 3 is 2.96 bits per heavy atom. The lowest BCUT2D eigenvalue weighted by Crippen LogP contribution is -2.24. The van der Waals surface area contributed by atoms with Gasteiger partial charge in [0.25, 0.3) is 0 Å². The fraction of sp³-hybridized carbons (Fsp3) is 0.400. The van der Waals surface area contributed by atoms with Crippen LogP contribution in [0.3, 0.4) is 0 Å². The van der Waals surface area contributed by atoms with E-state index < -0.39 is 0 Å². The number of fused-ring (bicyclic) bond motifs is 1. The first-order valence-corrected chi connectivity index (χ1v) is 9.04. The molecule has 2 aromatic heterocycles. The molecule has 0 spiro atoms. The molecule has 6 heteroatoms. The van der Waals surface area contributed by atoms with E-state index in [9.17, 15) is 0 Å². The molecule has 26 heavy (non-hydrogen) atoms. The number of nitrogens with zero attached hydrogens (tertiary/aromatic N) is 4. The number of aromatic nitrogens is 3. The fourth-order valence-electron chi connectivity index (χ4n) is 3.52. The van der Waals surface area contributed by atoms with Gasteiger partial charge in [0.05, 0.1) is 25.1 Å². The van der Waals surface area contributed by atoms with Crippen molar-refractivity contribution in [1.29, 1.82) is 0 Å². The van der Waals surface area contributed by atoms with E-state index in [0.29, 0.717) is 24.7 Å². The van der Waals surface area contributed by atoms with Gasteiger partial charge in [0.1, 0.15) is 5.82 Å². The van der Waals surface area contributed by atoms with Gasteiger partial charge in [0.2, 0.25) is 5.82 Å². The number of benzene rings is 1. The molecule has 6 nitrogen and oxygen atoms in total. The molecular weight excluding hydrogens is 328 g/mol. The highest BCUT2D eigenvalue weighted by Gasteiger charge is 2.21. The van der Waals surface area contributed by atoms with Crippen LogP contribution >= 0.6 is 0 Å². The number of rotatable bonds is 7. The molecule has 0 saturated heterocycles. The molecular formula is C20H24N4O2. The highest BCUT2D eigenvalue weighted by atomic mass is 16.5. The second-order valence-electron chi connectivity index (χ2n) is 6.74. The highest BCUT2D eigenvalue weighted by molar-refractivity contribution is 5.51. The van der Waals surface area contributed by atoms with Crippen LogP contribution in [0.5, 0.6) is 0 Å². The summed E-state index contributed by atoms with van der Waals surface area (Å²) in [5.41, 5.74) is 3.96. The van der Waals surface area contributed by atoms with E-state index >= 15 is 0 Å². The zero-order chi connectivity index (χ0) is 17.9. The van der Waals surface area contributed by atoms with E-state index in [4.69, 9.17) is 19.2 Å². The van der Waals surface area contributed by atoms with Gasteiger partial charge in [-0.1, -0.05) is 12.1 Å². The minimum absolute atomic E-state index is 0.626. The average molecular weight is 352 g/mol. The van der Waals surface area contributed by atoms with Gasteiger partial charge in [-0.25, -0.2) is 9.67 Å². The fourth-order valence-corrected chi connectivity index (χ4v) is 3.52. The first-order chi connectivity index (χ1) is 12.8. The van der Waals surface area contributed by atoms with Gasteiger partial charge < -0.3 is 9.15 Å². The summed E-state index contributed by atoms with van der Waals surface area (Å²) < 4.78 is 12.7. The molecule has 0 fully saturated rings. The first kappa shape index (κ1) is 17.0. The monoisotopic (exact) mass is 352 g/mol. The molecule has 2 heterocycles. The normalized spacial score (nSPS) is 13.5. The van der Waals surface area contributed by atoms with Crippen LogP contribution in [-0.4, -0.2) is 47.0 Å². The molecule has 0 unspecified atom stereocenters. The van der Waals surface area contributed by atoms with Crippen molar-refractivity contribution < 1.29 is 9.15 Å². The van der Waals surface area contributed by atoms with Crippen molar-refractivity contribution >= 4 is 0 Å². The SMILES string of the molecule is COCCN(C)Cc1nc(-c2ccco2)nn1-c1cccc2c1CCC2. The lowest BCUT2D eigenvalue weighted by atomic mass is 10.1. The van der Waals surface area contributed by atoms with Crippen molar-refractivity contribution in [2.45, 2.75) is 25.8 Å². The van der Waals surface area contributed by atoms with E-state index in [1.807, 2.05) is 16.8 Å². The lowest BCUT2D eigenvalue weighted by Gasteiger charge is -2.17. The maximum Gasteiger partial charge on any atom is 0.217 e. The van der Waals surface area contributed by atoms with Gasteiger partial charge in [-0.15, -0.1) is 5.10 Å². The number of likely N-dealkylation sites (N-methyl/N-ethyl adjacent to an activating group) is 1. The minimum Gasteiger partial charge on any atom is -0.461 e. The second-order valence-corrected chi connectivity index (χ2v) is 6.74. The van der Waals surface area contributed by atoms with E-state index in [2.05, 4.69) is 30.1 Å². The van der Waals surface area contributed by atoms with Gasteiger partial charge in [-0.2, -0.15) is 0 Å². The Morgan fingerprint density at radius 2 is 2.15 bits per heavy atom. The van der Waals surface area contributed by atoms with Crippen LogP contribution in [0.2, 0.25) is 0 Å². The molecule has 0 N–H and O–H groups in total. The topological polar surface area (TPSA) is 56.3 Å². The summed E-state index contributed by atoms with van der Waals surface area (Å²) >= 11 is 0. The van der Waals surface area contributed by atoms with E-state index in [0.717, 1.165) is 30.9 Å². The molecule has 0 radical (unpaired) electrons. The molecule has 0 saturated carbocycles. The maximum atomic E-state index is 5.51. The van der Waals surface area contributed by atoms with Gasteiger partial charge in [0.15, 0.2) is 5.76 Å². The molecule has 0 aliphatic heterocycles. The summed E-state index contributed by atoms with van der Waals surface area (Å²) in [6.45, 7) is 2.23. The van der Waals surface area contributed by atoms with Crippen LogP contribution in [0.25, 0.3) is 17.3 Å². The van der Waals surface area contributed by atoms with Crippen LogP contribution in [-0.2, 0) is 24.1 Å². The standard InChI is InChI=1S/C20H24N4O2/c1-23(11-13-25-2)14-19-21-20(18-10-5-12-26-18)22-24(19)17-9-4-7-15-6-3-8-16(15)17/h4-5,7,9-10,12H,3,6,8,11,13-14H2,1-2H3. The maximum absolute atomic E-state index is 5.51. The highest BCUT2D eigenvalue weighted by Crippen LogP contribution is 2.29. The summed E-state index contributed by atoms with van der Waals surface area (Å²) in [5.74, 6) is 2.23. The lowest BCUT2D eigenvalue weighted by molar-refractivity contribution is 0.157. The van der Waals surface area contributed by atoms with Crippen molar-refractivity contribution in [3.05, 3.63) is 53.5 Å². The van der Waals surface area contributed by atoms with Gasteiger partial charge >= 0.3 is 0 Å². The largest absolute Gasteiger partial charge is 0.461 e. The summed E-state index contributed by atoms with van der Waals surface area (Å²) in [6, 6.07) is 10.2. The Morgan fingerprint density at radius 1 is 1.23 bits per heavy atom. The van der Waals surface area contributed by atoms with Crippen molar-refractivity contribution in [3.63, 3.8) is 0 Å². The Labute approximate surface area is 153 Å². The average Bonchev–Trinajstić information content (AvgIpc) is 3.38. The predicted octanol–water partition coefficient (Wildman–Crippen LogP) is 3.09. The van der Waals surface area contributed by atoms with Crippen molar-refractivity contribution in [2.75, 3.05) is 27.3 Å². The van der Waals surface area contributed by atoms with Gasteiger partial charge in [-0.3, -0.25) is 4.90 Å². The molecule has 136 valence electrons. The molecule has 1 aliphatic carbocycles. The molecule has 1 aromatic carbocycles. The predicted molar refractivity (Wildman–Crippen MR) is 99.3 cm³/mol. The zero-order valence-electron chi connectivity index (χ0n) is 15.3. The van der Waals surface area contributed by atoms with Crippen molar-refractivity contribution in [1.82, 2.24) is 19.7 Å². The first-order valence-electron chi connectivity index (χ1n) is 9.04. The Kier molecular flexibility index (Phi) is 4.86. The summed E-state index contributed by atoms with van der Waals surface area (Å²) in [4.78, 5) is 6.97. The van der Waals surface area contributed by atoms with Crippen molar-refractivity contribution in [3.8, 4) is 17.3 Å². The number of hydrogen-bond acceptors (Lipinski definition) is 5. The third-order valence-electron chi connectivity index (χ3n) is 4.85. The van der Waals surface area contributed by atoms with Crippen LogP contribution in [0.1, 0.15) is 23.4 Å². The van der Waals surface area contributed by atoms with E-state index in [1.165, 1.54) is 17.5 Å². The number of aryl methyl sites for hydroxylation is 1. The minimum atomic E-state index is 0.626. The molecule has 1 aliphatic rings. The Balaban J connectivity index is 1.74. The van der Waals surface area contributed by atoms with Crippen LogP contribution in [0.15, 0.2) is 41.0 Å². The van der Waals surface area contributed by atoms with Gasteiger partial charge in [-0.05, 0) is 55.6 Å². The smallest absolute Gasteiger partial charge is 0.217 e. The van der Waals surface area contributed by atoms with Crippen LogP contribution in [0, 0.1) is 0 Å². The summed E-state index contributed by atoms with van der Waals surface area (Å²) in [6.07, 6.45) is 5.10. The van der Waals surface area contributed by atoms with Crippen LogP contribution in [0.4, 0.5) is 0 Å². The Bertz CT molecular complexity index is 870.